The Kier molecular flexibility index (Phi) is 3.97. The van der Waals surface area contributed by atoms with E-state index in [1.807, 2.05) is 0 Å². The molecule has 4 bridgehead atoms. The van der Waals surface area contributed by atoms with Gasteiger partial charge in [-0.1, -0.05) is 13.3 Å². The third-order valence-electron chi connectivity index (χ3n) is 6.24. The molecule has 130 valence electrons. The van der Waals surface area contributed by atoms with E-state index in [0.717, 1.165) is 49.9 Å². The molecule has 5 heteroatoms. The second kappa shape index (κ2) is 6.01. The van der Waals surface area contributed by atoms with Crippen LogP contribution >= 0.6 is 0 Å². The van der Waals surface area contributed by atoms with E-state index in [9.17, 15) is 9.59 Å². The molecular formula is C19H27N3O2. The van der Waals surface area contributed by atoms with Gasteiger partial charge in [-0.25, -0.2) is 4.68 Å². The van der Waals surface area contributed by atoms with Crippen molar-refractivity contribution in [3.05, 3.63) is 28.2 Å². The van der Waals surface area contributed by atoms with E-state index in [1.54, 1.807) is 6.07 Å². The second-order valence-electron chi connectivity index (χ2n) is 8.29. The van der Waals surface area contributed by atoms with Crippen LogP contribution in [-0.2, 0) is 6.54 Å². The maximum absolute atomic E-state index is 12.8. The molecule has 0 unspecified atom stereocenters. The minimum Gasteiger partial charge on any atom is -0.345 e. The normalized spacial score (nSPS) is 33.6. The van der Waals surface area contributed by atoms with Crippen molar-refractivity contribution >= 4 is 5.91 Å². The fourth-order valence-electron chi connectivity index (χ4n) is 5.61. The van der Waals surface area contributed by atoms with Gasteiger partial charge in [0.2, 0.25) is 0 Å². The maximum atomic E-state index is 12.8. The van der Waals surface area contributed by atoms with Gasteiger partial charge in [-0.05, 0) is 68.8 Å². The molecule has 0 radical (unpaired) electrons. The number of rotatable bonds is 5. The Bertz CT molecular complexity index is 659. The number of carbonyl (C=O) groups excluding carboxylic acids is 1. The van der Waals surface area contributed by atoms with Crippen LogP contribution in [-0.4, -0.2) is 21.2 Å². The number of nitrogens with one attached hydrogen (secondary N) is 1. The molecule has 0 aliphatic heterocycles. The van der Waals surface area contributed by atoms with Crippen LogP contribution in [0.25, 0.3) is 0 Å². The summed E-state index contributed by atoms with van der Waals surface area (Å²) in [6.07, 6.45) is 9.34. The minimum atomic E-state index is -0.130. The fraction of sp³-hybridized carbons (Fsp3) is 0.737. The van der Waals surface area contributed by atoms with Gasteiger partial charge in [-0.2, -0.15) is 5.10 Å². The average Bonchev–Trinajstić information content (AvgIpc) is 2.52. The number of aromatic nitrogens is 2. The third-order valence-corrected chi connectivity index (χ3v) is 6.24. The largest absolute Gasteiger partial charge is 0.345 e. The lowest BCUT2D eigenvalue weighted by atomic mass is 9.53. The zero-order valence-corrected chi connectivity index (χ0v) is 14.5. The first-order valence-corrected chi connectivity index (χ1v) is 9.47. The molecule has 0 spiro atoms. The molecule has 5 rings (SSSR count). The van der Waals surface area contributed by atoms with Gasteiger partial charge >= 0.3 is 0 Å². The summed E-state index contributed by atoms with van der Waals surface area (Å²) < 4.78 is 1.43. The number of hydrogen-bond donors (Lipinski definition) is 1. The van der Waals surface area contributed by atoms with Crippen molar-refractivity contribution in [1.29, 1.82) is 0 Å². The molecule has 1 heterocycles. The summed E-state index contributed by atoms with van der Waals surface area (Å²) >= 11 is 0. The Balaban J connectivity index is 1.51. The van der Waals surface area contributed by atoms with Crippen LogP contribution in [0.5, 0.6) is 0 Å². The first-order valence-electron chi connectivity index (χ1n) is 9.47. The van der Waals surface area contributed by atoms with Gasteiger partial charge in [0.1, 0.15) is 5.69 Å². The van der Waals surface area contributed by atoms with Crippen molar-refractivity contribution in [1.82, 2.24) is 15.1 Å². The smallest absolute Gasteiger partial charge is 0.272 e. The molecule has 4 fully saturated rings. The Morgan fingerprint density at radius 2 is 1.83 bits per heavy atom. The topological polar surface area (TPSA) is 64.0 Å². The number of unbranched alkanes of at least 4 members (excludes halogenated alkanes) is 1. The highest BCUT2D eigenvalue weighted by molar-refractivity contribution is 5.92. The standard InChI is InChI=1S/C19H27N3O2/c1-2-3-6-22-17(23)5-4-16(21-22)18(24)20-19-10-13-7-14(11-19)9-15(8-13)12-19/h4-5,13-15H,2-3,6-12H2,1H3,(H,20,24). The zero-order chi connectivity index (χ0) is 16.7. The van der Waals surface area contributed by atoms with Crippen LogP contribution in [0.4, 0.5) is 0 Å². The van der Waals surface area contributed by atoms with Gasteiger partial charge in [0.25, 0.3) is 11.5 Å². The highest BCUT2D eigenvalue weighted by Gasteiger charge is 2.51. The van der Waals surface area contributed by atoms with Gasteiger partial charge in [0, 0.05) is 18.2 Å². The van der Waals surface area contributed by atoms with Gasteiger partial charge in [0.05, 0.1) is 0 Å². The SMILES string of the molecule is CCCCn1nc(C(=O)NC23CC4CC(CC(C4)C2)C3)ccc1=O. The maximum Gasteiger partial charge on any atom is 0.272 e. The predicted molar refractivity (Wildman–Crippen MR) is 91.8 cm³/mol. The molecule has 5 nitrogen and oxygen atoms in total. The van der Waals surface area contributed by atoms with E-state index in [0.29, 0.717) is 12.2 Å². The Morgan fingerprint density at radius 3 is 2.42 bits per heavy atom. The molecule has 4 saturated carbocycles. The van der Waals surface area contributed by atoms with E-state index in [4.69, 9.17) is 0 Å². The molecule has 0 atom stereocenters. The lowest BCUT2D eigenvalue weighted by Crippen LogP contribution is -2.60. The highest BCUT2D eigenvalue weighted by Crippen LogP contribution is 2.55. The summed E-state index contributed by atoms with van der Waals surface area (Å²) in [5, 5.41) is 7.63. The van der Waals surface area contributed by atoms with E-state index >= 15 is 0 Å². The van der Waals surface area contributed by atoms with Crippen molar-refractivity contribution in [2.45, 2.75) is 70.4 Å². The summed E-state index contributed by atoms with van der Waals surface area (Å²) in [4.78, 5) is 24.7. The minimum absolute atomic E-state index is 0.0160. The van der Waals surface area contributed by atoms with Gasteiger partial charge in [0.15, 0.2) is 0 Å². The van der Waals surface area contributed by atoms with Crippen LogP contribution in [0.2, 0.25) is 0 Å². The monoisotopic (exact) mass is 329 g/mol. The summed E-state index contributed by atoms with van der Waals surface area (Å²) in [5.74, 6) is 2.27. The molecule has 0 aromatic carbocycles. The third kappa shape index (κ3) is 2.89. The second-order valence-corrected chi connectivity index (χ2v) is 8.29. The number of aryl methyl sites for hydroxylation is 1. The van der Waals surface area contributed by atoms with Crippen LogP contribution in [0, 0.1) is 17.8 Å². The summed E-state index contributed by atoms with van der Waals surface area (Å²) in [7, 11) is 0. The molecule has 0 saturated heterocycles. The first-order chi connectivity index (χ1) is 11.6. The van der Waals surface area contributed by atoms with E-state index in [1.165, 1.54) is 30.0 Å². The summed E-state index contributed by atoms with van der Waals surface area (Å²) in [5.41, 5.74) is 0.231. The molecule has 1 aromatic rings. The van der Waals surface area contributed by atoms with Crippen molar-refractivity contribution in [3.8, 4) is 0 Å². The lowest BCUT2D eigenvalue weighted by molar-refractivity contribution is -0.0168. The molecule has 24 heavy (non-hydrogen) atoms. The molecule has 4 aliphatic rings. The molecule has 1 aromatic heterocycles. The highest BCUT2D eigenvalue weighted by atomic mass is 16.2. The molecule has 4 aliphatic carbocycles. The van der Waals surface area contributed by atoms with Crippen molar-refractivity contribution in [2.75, 3.05) is 0 Å². The van der Waals surface area contributed by atoms with E-state index in [2.05, 4.69) is 17.3 Å². The summed E-state index contributed by atoms with van der Waals surface area (Å²) in [6, 6.07) is 3.04. The Hall–Kier alpha value is -1.65. The number of nitrogens with zero attached hydrogens (tertiary/aromatic N) is 2. The summed E-state index contributed by atoms with van der Waals surface area (Å²) in [6.45, 7) is 2.66. The van der Waals surface area contributed by atoms with Crippen LogP contribution in [0.15, 0.2) is 16.9 Å². The Morgan fingerprint density at radius 1 is 1.21 bits per heavy atom. The van der Waals surface area contributed by atoms with E-state index < -0.39 is 0 Å². The lowest BCUT2D eigenvalue weighted by Gasteiger charge is -2.56. The van der Waals surface area contributed by atoms with Crippen molar-refractivity contribution in [3.63, 3.8) is 0 Å². The van der Waals surface area contributed by atoms with Crippen LogP contribution in [0.1, 0.15) is 68.8 Å². The van der Waals surface area contributed by atoms with Crippen LogP contribution < -0.4 is 10.9 Å². The zero-order valence-electron chi connectivity index (χ0n) is 14.5. The number of hydrogen-bond acceptors (Lipinski definition) is 3. The van der Waals surface area contributed by atoms with Crippen molar-refractivity contribution < 1.29 is 4.79 Å². The average molecular weight is 329 g/mol. The van der Waals surface area contributed by atoms with E-state index in [-0.39, 0.29) is 17.0 Å². The first kappa shape index (κ1) is 15.9. The molecule has 1 N–H and O–H groups in total. The predicted octanol–water partition coefficient (Wildman–Crippen LogP) is 2.74. The van der Waals surface area contributed by atoms with Gasteiger partial charge < -0.3 is 5.32 Å². The van der Waals surface area contributed by atoms with Gasteiger partial charge in [-0.3, -0.25) is 9.59 Å². The van der Waals surface area contributed by atoms with Gasteiger partial charge in [-0.15, -0.1) is 0 Å². The van der Waals surface area contributed by atoms with Crippen molar-refractivity contribution in [2.24, 2.45) is 17.8 Å². The Labute approximate surface area is 142 Å². The van der Waals surface area contributed by atoms with Crippen LogP contribution in [0.3, 0.4) is 0 Å². The molecule has 1 amide bonds. The molecular weight excluding hydrogens is 302 g/mol. The number of amides is 1. The fourth-order valence-corrected chi connectivity index (χ4v) is 5.61. The number of carbonyl (C=O) groups is 1. The quantitative estimate of drug-likeness (QED) is 0.903.